The largest absolute Gasteiger partial charge is 0.394 e. The van der Waals surface area contributed by atoms with Gasteiger partial charge in [-0.25, -0.2) is 0 Å². The molecular weight excluding hydrogens is 276 g/mol. The lowest BCUT2D eigenvalue weighted by molar-refractivity contribution is 0.111. The molecule has 1 saturated heterocycles. The zero-order chi connectivity index (χ0) is 15.9. The lowest BCUT2D eigenvalue weighted by Gasteiger charge is -2.33. The van der Waals surface area contributed by atoms with Gasteiger partial charge in [0.05, 0.1) is 25.9 Å². The Morgan fingerprint density at radius 3 is 2.82 bits per heavy atom. The van der Waals surface area contributed by atoms with Gasteiger partial charge in [-0.2, -0.15) is 0 Å². The zero-order valence-electron chi connectivity index (χ0n) is 13.9. The smallest absolute Gasteiger partial charge is 0.0739 e. The van der Waals surface area contributed by atoms with E-state index in [0.29, 0.717) is 6.61 Å². The van der Waals surface area contributed by atoms with E-state index in [4.69, 9.17) is 10.5 Å². The normalized spacial score (nSPS) is 25.4. The summed E-state index contributed by atoms with van der Waals surface area (Å²) < 4.78 is 5.70. The molecule has 4 heteroatoms. The highest BCUT2D eigenvalue weighted by atomic mass is 16.5. The van der Waals surface area contributed by atoms with Crippen molar-refractivity contribution in [3.05, 3.63) is 28.8 Å². The van der Waals surface area contributed by atoms with Gasteiger partial charge in [-0.05, 0) is 35.4 Å². The molecule has 22 heavy (non-hydrogen) atoms. The molecule has 4 nitrogen and oxygen atoms in total. The van der Waals surface area contributed by atoms with Gasteiger partial charge in [0.25, 0.3) is 0 Å². The second kappa shape index (κ2) is 5.84. The summed E-state index contributed by atoms with van der Waals surface area (Å²) in [6.45, 7) is 9.17. The van der Waals surface area contributed by atoms with E-state index in [2.05, 4.69) is 37.8 Å². The predicted octanol–water partition coefficient (Wildman–Crippen LogP) is 1.96. The highest BCUT2D eigenvalue weighted by molar-refractivity contribution is 5.61. The number of ether oxygens (including phenoxy) is 1. The van der Waals surface area contributed by atoms with Crippen LogP contribution >= 0.6 is 0 Å². The average Bonchev–Trinajstić information content (AvgIpc) is 2.86. The fourth-order valence-electron chi connectivity index (χ4n) is 3.57. The molecule has 0 amide bonds. The Bertz CT molecular complexity index is 551. The van der Waals surface area contributed by atoms with E-state index in [1.54, 1.807) is 0 Å². The van der Waals surface area contributed by atoms with E-state index >= 15 is 0 Å². The Labute approximate surface area is 133 Å². The number of nitrogens with zero attached hydrogens (tertiary/aromatic N) is 1. The molecule has 3 rings (SSSR count). The van der Waals surface area contributed by atoms with E-state index in [0.717, 1.165) is 26.0 Å². The topological polar surface area (TPSA) is 58.7 Å². The van der Waals surface area contributed by atoms with Gasteiger partial charge in [-0.3, -0.25) is 0 Å². The predicted molar refractivity (Wildman–Crippen MR) is 89.3 cm³/mol. The Balaban J connectivity index is 2.08. The van der Waals surface area contributed by atoms with Crippen molar-refractivity contribution in [2.24, 2.45) is 5.73 Å². The van der Waals surface area contributed by atoms with Gasteiger partial charge in [0, 0.05) is 23.8 Å². The summed E-state index contributed by atoms with van der Waals surface area (Å²) in [5.41, 5.74) is 11.5. The highest BCUT2D eigenvalue weighted by Gasteiger charge is 2.33. The molecule has 122 valence electrons. The van der Waals surface area contributed by atoms with E-state index < -0.39 is 0 Å². The molecule has 0 radical (unpaired) electrons. The van der Waals surface area contributed by atoms with E-state index in [9.17, 15) is 5.11 Å². The summed E-state index contributed by atoms with van der Waals surface area (Å²) in [6.07, 6.45) is 1.82. The van der Waals surface area contributed by atoms with Crippen molar-refractivity contribution in [1.29, 1.82) is 0 Å². The number of fused-ring (bicyclic) bond motifs is 1. The molecule has 1 aromatic carbocycles. The summed E-state index contributed by atoms with van der Waals surface area (Å²) in [7, 11) is 0. The van der Waals surface area contributed by atoms with Gasteiger partial charge >= 0.3 is 0 Å². The Morgan fingerprint density at radius 1 is 1.36 bits per heavy atom. The zero-order valence-corrected chi connectivity index (χ0v) is 13.9. The van der Waals surface area contributed by atoms with E-state index in [1.165, 1.54) is 22.4 Å². The molecule has 1 aromatic rings. The number of aliphatic hydroxyl groups is 1. The quantitative estimate of drug-likeness (QED) is 0.877. The highest BCUT2D eigenvalue weighted by Crippen LogP contribution is 2.37. The summed E-state index contributed by atoms with van der Waals surface area (Å²) in [5, 5.41) is 9.72. The third kappa shape index (κ3) is 2.87. The standard InChI is InChI=1S/C18H28N2O2/c1-18(2,3)13-6-12-4-5-22-11-16(12)17(7-13)20-9-14(19)8-15(20)10-21/h6-7,14-15,21H,4-5,8-11,19H2,1-3H3. The number of anilines is 1. The summed E-state index contributed by atoms with van der Waals surface area (Å²) in [4.78, 5) is 2.30. The number of hydrogen-bond donors (Lipinski definition) is 2. The minimum atomic E-state index is 0.110. The van der Waals surface area contributed by atoms with Crippen LogP contribution in [0.1, 0.15) is 43.9 Å². The van der Waals surface area contributed by atoms with Gasteiger partial charge in [0.2, 0.25) is 0 Å². The van der Waals surface area contributed by atoms with Crippen LogP contribution in [0.25, 0.3) is 0 Å². The number of rotatable bonds is 2. The van der Waals surface area contributed by atoms with Crippen molar-refractivity contribution in [2.75, 3.05) is 24.7 Å². The Morgan fingerprint density at radius 2 is 2.14 bits per heavy atom. The first-order chi connectivity index (χ1) is 10.4. The second-order valence-corrected chi connectivity index (χ2v) is 7.67. The molecule has 0 saturated carbocycles. The Hall–Kier alpha value is -1.10. The van der Waals surface area contributed by atoms with Crippen LogP contribution < -0.4 is 10.6 Å². The third-order valence-electron chi connectivity index (χ3n) is 4.91. The minimum absolute atomic E-state index is 0.110. The maximum absolute atomic E-state index is 9.72. The fourth-order valence-corrected chi connectivity index (χ4v) is 3.57. The van der Waals surface area contributed by atoms with Crippen LogP contribution in [-0.2, 0) is 23.2 Å². The van der Waals surface area contributed by atoms with Crippen LogP contribution in [0.3, 0.4) is 0 Å². The molecular formula is C18H28N2O2. The lowest BCUT2D eigenvalue weighted by Crippen LogP contribution is -2.34. The van der Waals surface area contributed by atoms with E-state index in [-0.39, 0.29) is 24.1 Å². The number of benzene rings is 1. The molecule has 2 aliphatic rings. The fraction of sp³-hybridized carbons (Fsp3) is 0.667. The van der Waals surface area contributed by atoms with Crippen molar-refractivity contribution >= 4 is 5.69 Å². The molecule has 0 aromatic heterocycles. The van der Waals surface area contributed by atoms with Crippen LogP contribution in [0, 0.1) is 0 Å². The van der Waals surface area contributed by atoms with Crippen LogP contribution in [0.5, 0.6) is 0 Å². The first kappa shape index (κ1) is 15.8. The second-order valence-electron chi connectivity index (χ2n) is 7.67. The summed E-state index contributed by atoms with van der Waals surface area (Å²) >= 11 is 0. The van der Waals surface area contributed by atoms with Crippen molar-refractivity contribution in [1.82, 2.24) is 0 Å². The van der Waals surface area contributed by atoms with E-state index in [1.807, 2.05) is 0 Å². The van der Waals surface area contributed by atoms with Crippen LogP contribution in [0.15, 0.2) is 12.1 Å². The third-order valence-corrected chi connectivity index (χ3v) is 4.91. The molecule has 0 bridgehead atoms. The summed E-state index contributed by atoms with van der Waals surface area (Å²) in [6, 6.07) is 4.88. The molecule has 3 N–H and O–H groups in total. The number of hydrogen-bond acceptors (Lipinski definition) is 4. The lowest BCUT2D eigenvalue weighted by atomic mass is 9.83. The first-order valence-electron chi connectivity index (χ1n) is 8.27. The molecule has 1 fully saturated rings. The van der Waals surface area contributed by atoms with Crippen LogP contribution in [0.4, 0.5) is 5.69 Å². The van der Waals surface area contributed by atoms with Crippen molar-refractivity contribution < 1.29 is 9.84 Å². The molecule has 2 heterocycles. The Kier molecular flexibility index (Phi) is 4.19. The number of aliphatic hydroxyl groups excluding tert-OH is 1. The maximum atomic E-state index is 9.72. The van der Waals surface area contributed by atoms with Gasteiger partial charge in [0.15, 0.2) is 0 Å². The van der Waals surface area contributed by atoms with Crippen molar-refractivity contribution in [2.45, 2.75) is 57.7 Å². The summed E-state index contributed by atoms with van der Waals surface area (Å²) in [5.74, 6) is 0. The van der Waals surface area contributed by atoms with Crippen molar-refractivity contribution in [3.8, 4) is 0 Å². The number of nitrogens with two attached hydrogens (primary N) is 1. The minimum Gasteiger partial charge on any atom is -0.394 e. The molecule has 2 aliphatic heterocycles. The van der Waals surface area contributed by atoms with Gasteiger partial charge in [-0.1, -0.05) is 26.8 Å². The van der Waals surface area contributed by atoms with Gasteiger partial charge < -0.3 is 20.5 Å². The van der Waals surface area contributed by atoms with Gasteiger partial charge in [-0.15, -0.1) is 0 Å². The molecule has 2 unspecified atom stereocenters. The molecule has 2 atom stereocenters. The van der Waals surface area contributed by atoms with Crippen LogP contribution in [-0.4, -0.2) is 36.9 Å². The van der Waals surface area contributed by atoms with Gasteiger partial charge in [0.1, 0.15) is 0 Å². The maximum Gasteiger partial charge on any atom is 0.0739 e. The monoisotopic (exact) mass is 304 g/mol. The molecule has 0 spiro atoms. The molecule has 0 aliphatic carbocycles. The average molecular weight is 304 g/mol. The SMILES string of the molecule is CC(C)(C)c1cc2c(c(N3CC(N)CC3CO)c1)COCC2. The van der Waals surface area contributed by atoms with Crippen molar-refractivity contribution in [3.63, 3.8) is 0 Å². The first-order valence-corrected chi connectivity index (χ1v) is 8.27. The van der Waals surface area contributed by atoms with Crippen LogP contribution in [0.2, 0.25) is 0 Å².